The van der Waals surface area contributed by atoms with Crippen LogP contribution >= 0.6 is 0 Å². The molecule has 0 unspecified atom stereocenters. The number of esters is 1. The SMILES string of the molecule is COC(=O)c1c(CC(=O)O)cc(=O)[nH]c1C. The first kappa shape index (κ1) is 12.0. The first-order chi connectivity index (χ1) is 7.45. The molecule has 0 saturated heterocycles. The second-order valence-electron chi connectivity index (χ2n) is 3.22. The van der Waals surface area contributed by atoms with Gasteiger partial charge in [-0.25, -0.2) is 4.79 Å². The van der Waals surface area contributed by atoms with Crippen molar-refractivity contribution in [3.05, 3.63) is 33.2 Å². The zero-order valence-corrected chi connectivity index (χ0v) is 8.86. The monoisotopic (exact) mass is 225 g/mol. The number of aromatic amines is 1. The van der Waals surface area contributed by atoms with Gasteiger partial charge < -0.3 is 14.8 Å². The number of carboxylic acid groups (broad SMARTS) is 1. The molecule has 16 heavy (non-hydrogen) atoms. The summed E-state index contributed by atoms with van der Waals surface area (Å²) in [4.78, 5) is 35.6. The fourth-order valence-corrected chi connectivity index (χ4v) is 1.44. The average Bonchev–Trinajstić information content (AvgIpc) is 2.14. The molecule has 6 heteroatoms. The van der Waals surface area contributed by atoms with Crippen molar-refractivity contribution in [2.45, 2.75) is 13.3 Å². The Morgan fingerprint density at radius 2 is 2.12 bits per heavy atom. The number of carboxylic acids is 1. The molecule has 0 saturated carbocycles. The molecule has 0 amide bonds. The number of rotatable bonds is 3. The molecule has 0 bridgehead atoms. The van der Waals surface area contributed by atoms with Crippen LogP contribution in [0.2, 0.25) is 0 Å². The normalized spacial score (nSPS) is 9.88. The largest absolute Gasteiger partial charge is 0.481 e. The number of pyridine rings is 1. The van der Waals surface area contributed by atoms with Crippen LogP contribution in [0.4, 0.5) is 0 Å². The van der Waals surface area contributed by atoms with E-state index in [1.165, 1.54) is 14.0 Å². The number of aliphatic carboxylic acids is 1. The molecule has 1 heterocycles. The molecule has 0 radical (unpaired) electrons. The summed E-state index contributed by atoms with van der Waals surface area (Å²) in [5.41, 5.74) is 0.113. The molecule has 0 aromatic carbocycles. The third-order valence-corrected chi connectivity index (χ3v) is 2.04. The van der Waals surface area contributed by atoms with Crippen LogP contribution in [-0.2, 0) is 16.0 Å². The number of H-pyrrole nitrogens is 1. The highest BCUT2D eigenvalue weighted by molar-refractivity contribution is 5.93. The summed E-state index contributed by atoms with van der Waals surface area (Å²) in [5.74, 6) is -1.78. The number of methoxy groups -OCH3 is 1. The molecule has 0 spiro atoms. The van der Waals surface area contributed by atoms with E-state index in [4.69, 9.17) is 5.11 Å². The molecule has 0 fully saturated rings. The lowest BCUT2D eigenvalue weighted by atomic mass is 10.0. The minimum absolute atomic E-state index is 0.101. The van der Waals surface area contributed by atoms with Crippen molar-refractivity contribution in [1.29, 1.82) is 0 Å². The second-order valence-corrected chi connectivity index (χ2v) is 3.22. The van der Waals surface area contributed by atoms with Gasteiger partial charge in [-0.3, -0.25) is 9.59 Å². The third kappa shape index (κ3) is 2.47. The molecule has 0 aliphatic rings. The molecular formula is C10H11NO5. The molecule has 1 aromatic rings. The van der Waals surface area contributed by atoms with Crippen LogP contribution in [0.5, 0.6) is 0 Å². The number of aryl methyl sites for hydroxylation is 1. The lowest BCUT2D eigenvalue weighted by Crippen LogP contribution is -2.18. The van der Waals surface area contributed by atoms with Gasteiger partial charge in [0.25, 0.3) is 0 Å². The third-order valence-electron chi connectivity index (χ3n) is 2.04. The Labute approximate surface area is 90.9 Å². The van der Waals surface area contributed by atoms with Crippen LogP contribution in [0.25, 0.3) is 0 Å². The van der Waals surface area contributed by atoms with Crippen molar-refractivity contribution in [2.24, 2.45) is 0 Å². The van der Waals surface area contributed by atoms with Crippen LogP contribution < -0.4 is 5.56 Å². The maximum Gasteiger partial charge on any atom is 0.339 e. The highest BCUT2D eigenvalue weighted by atomic mass is 16.5. The summed E-state index contributed by atoms with van der Waals surface area (Å²) in [6.45, 7) is 1.51. The summed E-state index contributed by atoms with van der Waals surface area (Å²) in [6, 6.07) is 1.09. The van der Waals surface area contributed by atoms with Gasteiger partial charge in [-0.15, -0.1) is 0 Å². The van der Waals surface area contributed by atoms with Gasteiger partial charge in [-0.1, -0.05) is 0 Å². The molecule has 1 rings (SSSR count). The number of hydrogen-bond acceptors (Lipinski definition) is 4. The summed E-state index contributed by atoms with van der Waals surface area (Å²) in [6.07, 6.45) is -0.394. The highest BCUT2D eigenvalue weighted by Gasteiger charge is 2.18. The number of carbonyl (C=O) groups is 2. The number of hydrogen-bond donors (Lipinski definition) is 2. The molecule has 0 aliphatic heterocycles. The van der Waals surface area contributed by atoms with Gasteiger partial charge in [0.05, 0.1) is 19.1 Å². The van der Waals surface area contributed by atoms with Crippen molar-refractivity contribution < 1.29 is 19.4 Å². The standard InChI is InChI=1S/C10H11NO5/c1-5-9(10(15)16-2)6(4-8(13)14)3-7(12)11-5/h3H,4H2,1-2H3,(H,11,12)(H,13,14). The van der Waals surface area contributed by atoms with Gasteiger partial charge in [0.2, 0.25) is 5.56 Å². The van der Waals surface area contributed by atoms with E-state index in [1.54, 1.807) is 0 Å². The number of aromatic nitrogens is 1. The van der Waals surface area contributed by atoms with Crippen LogP contribution in [0, 0.1) is 6.92 Å². The highest BCUT2D eigenvalue weighted by Crippen LogP contribution is 2.12. The van der Waals surface area contributed by atoms with Gasteiger partial charge in [0, 0.05) is 11.8 Å². The van der Waals surface area contributed by atoms with Crippen molar-refractivity contribution >= 4 is 11.9 Å². The molecular weight excluding hydrogens is 214 g/mol. The van der Waals surface area contributed by atoms with E-state index in [0.29, 0.717) is 5.69 Å². The molecule has 0 atom stereocenters. The minimum Gasteiger partial charge on any atom is -0.481 e. The average molecular weight is 225 g/mol. The molecule has 0 aliphatic carbocycles. The van der Waals surface area contributed by atoms with Gasteiger partial charge in [0.15, 0.2) is 0 Å². The Bertz CT molecular complexity index is 488. The maximum absolute atomic E-state index is 11.4. The lowest BCUT2D eigenvalue weighted by molar-refractivity contribution is -0.136. The van der Waals surface area contributed by atoms with Crippen molar-refractivity contribution in [1.82, 2.24) is 4.98 Å². The van der Waals surface area contributed by atoms with E-state index >= 15 is 0 Å². The second kappa shape index (κ2) is 4.61. The molecule has 6 nitrogen and oxygen atoms in total. The fraction of sp³-hybridized carbons (Fsp3) is 0.300. The van der Waals surface area contributed by atoms with Crippen LogP contribution in [0.3, 0.4) is 0 Å². The van der Waals surface area contributed by atoms with Gasteiger partial charge >= 0.3 is 11.9 Å². The Kier molecular flexibility index (Phi) is 3.44. The van der Waals surface area contributed by atoms with E-state index in [1.807, 2.05) is 0 Å². The van der Waals surface area contributed by atoms with Crippen LogP contribution in [0.15, 0.2) is 10.9 Å². The number of nitrogens with one attached hydrogen (secondary N) is 1. The zero-order valence-electron chi connectivity index (χ0n) is 8.86. The number of ether oxygens (including phenoxy) is 1. The Morgan fingerprint density at radius 1 is 1.50 bits per heavy atom. The predicted octanol–water partition coefficient (Wildman–Crippen LogP) is 0.0970. The summed E-state index contributed by atoms with van der Waals surface area (Å²) >= 11 is 0. The Hall–Kier alpha value is -2.11. The minimum atomic E-state index is -1.12. The fourth-order valence-electron chi connectivity index (χ4n) is 1.44. The first-order valence-corrected chi connectivity index (χ1v) is 4.48. The van der Waals surface area contributed by atoms with Crippen molar-refractivity contribution in [3.63, 3.8) is 0 Å². The first-order valence-electron chi connectivity index (χ1n) is 4.48. The van der Waals surface area contributed by atoms with Crippen LogP contribution in [-0.4, -0.2) is 29.1 Å². The molecule has 86 valence electrons. The Morgan fingerprint density at radius 3 is 2.62 bits per heavy atom. The van der Waals surface area contributed by atoms with Gasteiger partial charge in [0.1, 0.15) is 0 Å². The van der Waals surface area contributed by atoms with Gasteiger partial charge in [-0.2, -0.15) is 0 Å². The summed E-state index contributed by atoms with van der Waals surface area (Å²) in [7, 11) is 1.19. The smallest absolute Gasteiger partial charge is 0.339 e. The summed E-state index contributed by atoms with van der Waals surface area (Å²) in [5, 5.41) is 8.66. The molecule has 1 aromatic heterocycles. The number of carbonyl (C=O) groups excluding carboxylic acids is 1. The summed E-state index contributed by atoms with van der Waals surface area (Å²) < 4.78 is 4.53. The quantitative estimate of drug-likeness (QED) is 0.711. The van der Waals surface area contributed by atoms with E-state index in [9.17, 15) is 14.4 Å². The predicted molar refractivity (Wildman–Crippen MR) is 54.5 cm³/mol. The van der Waals surface area contributed by atoms with E-state index in [-0.39, 0.29) is 11.1 Å². The molecule has 2 N–H and O–H groups in total. The topological polar surface area (TPSA) is 96.5 Å². The van der Waals surface area contributed by atoms with Crippen molar-refractivity contribution in [2.75, 3.05) is 7.11 Å². The van der Waals surface area contributed by atoms with E-state index < -0.39 is 23.9 Å². The Balaban J connectivity index is 3.37. The lowest BCUT2D eigenvalue weighted by Gasteiger charge is -2.08. The van der Waals surface area contributed by atoms with Crippen molar-refractivity contribution in [3.8, 4) is 0 Å². The van der Waals surface area contributed by atoms with Crippen LogP contribution in [0.1, 0.15) is 21.6 Å². The van der Waals surface area contributed by atoms with E-state index in [0.717, 1.165) is 6.07 Å². The zero-order chi connectivity index (χ0) is 12.3. The maximum atomic E-state index is 11.4. The van der Waals surface area contributed by atoms with E-state index in [2.05, 4.69) is 9.72 Å². The van der Waals surface area contributed by atoms with Gasteiger partial charge in [-0.05, 0) is 12.5 Å².